The van der Waals surface area contributed by atoms with Crippen molar-refractivity contribution in [1.29, 1.82) is 0 Å². The Morgan fingerprint density at radius 1 is 1.10 bits per heavy atom. The number of likely N-dealkylation sites (tertiary alicyclic amines) is 1. The van der Waals surface area contributed by atoms with Gasteiger partial charge in [0.1, 0.15) is 11.6 Å². The van der Waals surface area contributed by atoms with E-state index in [1.54, 1.807) is 12.1 Å². The Hall–Kier alpha value is -2.38. The second-order valence-electron chi connectivity index (χ2n) is 8.54. The first-order valence-corrected chi connectivity index (χ1v) is 12.1. The fraction of sp³-hybridized carbons (Fsp3) is 0.458. The van der Waals surface area contributed by atoms with Crippen LogP contribution < -0.4 is 0 Å². The predicted molar refractivity (Wildman–Crippen MR) is 120 cm³/mol. The predicted octanol–water partition coefficient (Wildman–Crippen LogP) is 4.93. The van der Waals surface area contributed by atoms with Gasteiger partial charge in [-0.2, -0.15) is 0 Å². The molecule has 5 rings (SSSR count). The zero-order valence-electron chi connectivity index (χ0n) is 17.6. The molecular weight excluding hydrogens is 411 g/mol. The molecule has 0 radical (unpaired) electrons. The van der Waals surface area contributed by atoms with Crippen molar-refractivity contribution in [3.8, 4) is 11.4 Å². The number of carbonyl (C=O) groups excluding carboxylic acids is 1. The van der Waals surface area contributed by atoms with Gasteiger partial charge in [-0.3, -0.25) is 4.79 Å². The number of halogens is 1. The molecule has 2 aliphatic rings. The number of piperidine rings is 1. The van der Waals surface area contributed by atoms with Crippen molar-refractivity contribution < 1.29 is 9.18 Å². The average Bonchev–Trinajstić information content (AvgIpc) is 3.38. The summed E-state index contributed by atoms with van der Waals surface area (Å²) in [6, 6.07) is 8.03. The third-order valence-corrected chi connectivity index (χ3v) is 7.53. The number of benzene rings is 1. The Labute approximate surface area is 185 Å². The number of aryl methyl sites for hydroxylation is 1. The Morgan fingerprint density at radius 3 is 2.71 bits per heavy atom. The van der Waals surface area contributed by atoms with Crippen molar-refractivity contribution in [2.24, 2.45) is 0 Å². The topological polar surface area (TPSA) is 51.0 Å². The maximum absolute atomic E-state index is 13.0. The Kier molecular flexibility index (Phi) is 5.96. The zero-order valence-corrected chi connectivity index (χ0v) is 18.4. The normalized spacial score (nSPS) is 17.2. The highest BCUT2D eigenvalue weighted by Crippen LogP contribution is 2.35. The number of ketones is 1. The smallest absolute Gasteiger partial charge is 0.165 e. The number of hydrogen-bond acceptors (Lipinski definition) is 5. The standard InChI is InChI=1S/C24H27FN4OS/c25-19-7-5-17(6-8-19)21(30)3-1-12-28-14-9-18(10-15-28)23-26-27-24-20-11-16-31-22(20)4-2-13-29(23)24/h5-8,11,16,18H,1-4,9-10,12-15H2. The summed E-state index contributed by atoms with van der Waals surface area (Å²) >= 11 is 1.83. The van der Waals surface area contributed by atoms with Gasteiger partial charge >= 0.3 is 0 Å². The Bertz CT molecular complexity index is 1050. The molecule has 2 aromatic heterocycles. The van der Waals surface area contributed by atoms with E-state index in [0.717, 1.165) is 69.9 Å². The van der Waals surface area contributed by atoms with E-state index in [2.05, 4.69) is 31.1 Å². The third-order valence-electron chi connectivity index (χ3n) is 6.55. The summed E-state index contributed by atoms with van der Waals surface area (Å²) < 4.78 is 15.4. The highest BCUT2D eigenvalue weighted by molar-refractivity contribution is 7.10. The number of rotatable bonds is 6. The highest BCUT2D eigenvalue weighted by Gasteiger charge is 2.28. The van der Waals surface area contributed by atoms with E-state index in [1.165, 1.54) is 22.6 Å². The summed E-state index contributed by atoms with van der Waals surface area (Å²) in [5, 5.41) is 11.4. The van der Waals surface area contributed by atoms with Gasteiger partial charge in [0.05, 0.1) is 0 Å². The lowest BCUT2D eigenvalue weighted by atomic mass is 9.95. The van der Waals surface area contributed by atoms with Gasteiger partial charge < -0.3 is 9.47 Å². The molecule has 0 spiro atoms. The quantitative estimate of drug-likeness (QED) is 0.512. The number of aromatic nitrogens is 3. The number of carbonyl (C=O) groups is 1. The van der Waals surface area contributed by atoms with Crippen LogP contribution in [0.2, 0.25) is 0 Å². The van der Waals surface area contributed by atoms with Gasteiger partial charge in [-0.15, -0.1) is 21.5 Å². The largest absolute Gasteiger partial charge is 0.311 e. The number of nitrogens with zero attached hydrogens (tertiary/aromatic N) is 4. The van der Waals surface area contributed by atoms with Gasteiger partial charge in [-0.1, -0.05) is 0 Å². The molecule has 0 bridgehead atoms. The molecule has 0 aliphatic carbocycles. The monoisotopic (exact) mass is 438 g/mol. The van der Waals surface area contributed by atoms with Crippen LogP contribution in [0.25, 0.3) is 11.4 Å². The van der Waals surface area contributed by atoms with Crippen LogP contribution in [0.15, 0.2) is 35.7 Å². The first-order valence-electron chi connectivity index (χ1n) is 11.2. The van der Waals surface area contributed by atoms with Gasteiger partial charge in [0.2, 0.25) is 0 Å². The first kappa shape index (κ1) is 20.5. The van der Waals surface area contributed by atoms with E-state index in [-0.39, 0.29) is 11.6 Å². The summed E-state index contributed by atoms with van der Waals surface area (Å²) in [5.74, 6) is 2.44. The maximum Gasteiger partial charge on any atom is 0.165 e. The average molecular weight is 439 g/mol. The van der Waals surface area contributed by atoms with E-state index < -0.39 is 0 Å². The fourth-order valence-electron chi connectivity index (χ4n) is 4.83. The molecule has 3 aromatic rings. The molecule has 4 heterocycles. The minimum Gasteiger partial charge on any atom is -0.311 e. The molecule has 0 amide bonds. The number of thiophene rings is 1. The fourth-order valence-corrected chi connectivity index (χ4v) is 5.74. The van der Waals surface area contributed by atoms with Crippen molar-refractivity contribution in [2.75, 3.05) is 19.6 Å². The highest BCUT2D eigenvalue weighted by atomic mass is 32.1. The molecule has 1 aromatic carbocycles. The van der Waals surface area contributed by atoms with Gasteiger partial charge in [0.15, 0.2) is 11.6 Å². The molecule has 162 valence electrons. The van der Waals surface area contributed by atoms with E-state index in [9.17, 15) is 9.18 Å². The van der Waals surface area contributed by atoms with Crippen LogP contribution >= 0.6 is 11.3 Å². The number of hydrogen-bond donors (Lipinski definition) is 0. The Balaban J connectivity index is 1.14. The van der Waals surface area contributed by atoms with Crippen molar-refractivity contribution in [1.82, 2.24) is 19.7 Å². The summed E-state index contributed by atoms with van der Waals surface area (Å²) in [6.07, 6.45) is 5.78. The second kappa shape index (κ2) is 9.01. The molecule has 0 unspecified atom stereocenters. The van der Waals surface area contributed by atoms with Crippen LogP contribution in [-0.4, -0.2) is 45.1 Å². The van der Waals surface area contributed by atoms with Crippen LogP contribution in [0.5, 0.6) is 0 Å². The van der Waals surface area contributed by atoms with Crippen LogP contribution in [0.4, 0.5) is 4.39 Å². The molecule has 31 heavy (non-hydrogen) atoms. The van der Waals surface area contributed by atoms with Crippen molar-refractivity contribution in [3.63, 3.8) is 0 Å². The molecule has 1 fully saturated rings. The summed E-state index contributed by atoms with van der Waals surface area (Å²) in [6.45, 7) is 3.99. The molecule has 5 nitrogen and oxygen atoms in total. The van der Waals surface area contributed by atoms with Crippen molar-refractivity contribution >= 4 is 17.1 Å². The van der Waals surface area contributed by atoms with Crippen LogP contribution in [0.3, 0.4) is 0 Å². The second-order valence-corrected chi connectivity index (χ2v) is 9.54. The lowest BCUT2D eigenvalue weighted by molar-refractivity contribution is 0.0972. The minimum atomic E-state index is -0.306. The first-order chi connectivity index (χ1) is 15.2. The van der Waals surface area contributed by atoms with Crippen molar-refractivity contribution in [3.05, 3.63) is 57.8 Å². The molecule has 0 N–H and O–H groups in total. The molecular formula is C24H27FN4OS. The molecule has 7 heteroatoms. The summed E-state index contributed by atoms with van der Waals surface area (Å²) in [7, 11) is 0. The van der Waals surface area contributed by atoms with Crippen LogP contribution in [0.1, 0.15) is 59.1 Å². The molecule has 0 atom stereocenters. The zero-order chi connectivity index (χ0) is 21.2. The summed E-state index contributed by atoms with van der Waals surface area (Å²) in [5.41, 5.74) is 1.87. The number of Topliss-reactive ketones (excluding diaryl/α,β-unsaturated/α-hetero) is 1. The van der Waals surface area contributed by atoms with E-state index in [0.29, 0.717) is 17.9 Å². The lowest BCUT2D eigenvalue weighted by Gasteiger charge is -2.31. The third kappa shape index (κ3) is 4.34. The van der Waals surface area contributed by atoms with Gasteiger partial charge in [0.25, 0.3) is 0 Å². The molecule has 2 aliphatic heterocycles. The van der Waals surface area contributed by atoms with Crippen LogP contribution in [0, 0.1) is 5.82 Å². The molecule has 1 saturated heterocycles. The maximum atomic E-state index is 13.0. The van der Waals surface area contributed by atoms with Gasteiger partial charge in [-0.05, 0) is 87.5 Å². The van der Waals surface area contributed by atoms with Crippen LogP contribution in [-0.2, 0) is 13.0 Å². The summed E-state index contributed by atoms with van der Waals surface area (Å²) in [4.78, 5) is 16.2. The van der Waals surface area contributed by atoms with E-state index >= 15 is 0 Å². The minimum absolute atomic E-state index is 0.0915. The van der Waals surface area contributed by atoms with E-state index in [1.807, 2.05) is 11.3 Å². The lowest BCUT2D eigenvalue weighted by Crippen LogP contribution is -2.34. The Morgan fingerprint density at radius 2 is 1.90 bits per heavy atom. The van der Waals surface area contributed by atoms with Gasteiger partial charge in [-0.25, -0.2) is 4.39 Å². The van der Waals surface area contributed by atoms with E-state index in [4.69, 9.17) is 0 Å². The molecule has 0 saturated carbocycles. The number of fused-ring (bicyclic) bond motifs is 3. The van der Waals surface area contributed by atoms with Gasteiger partial charge in [0, 0.05) is 34.9 Å². The van der Waals surface area contributed by atoms with Crippen molar-refractivity contribution in [2.45, 2.75) is 51.0 Å². The SMILES string of the molecule is O=C(CCCN1CCC(c2nnc3n2CCCc2sccc2-3)CC1)c1ccc(F)cc1.